The lowest BCUT2D eigenvalue weighted by molar-refractivity contribution is -0.136. The number of imide groups is 2. The molecule has 0 spiro atoms. The van der Waals surface area contributed by atoms with Crippen LogP contribution in [0.4, 0.5) is 11.4 Å². The summed E-state index contributed by atoms with van der Waals surface area (Å²) < 4.78 is 0. The van der Waals surface area contributed by atoms with Crippen molar-refractivity contribution in [1.82, 2.24) is 20.4 Å². The Morgan fingerprint density at radius 3 is 2.28 bits per heavy atom. The average Bonchev–Trinajstić information content (AvgIpc) is 3.32. The van der Waals surface area contributed by atoms with Crippen molar-refractivity contribution in [1.29, 1.82) is 0 Å². The lowest BCUT2D eigenvalue weighted by Crippen LogP contribution is -2.54. The number of carbonyl (C=O) groups excluding carboxylic acids is 5. The van der Waals surface area contributed by atoms with Crippen LogP contribution in [0.3, 0.4) is 0 Å². The second-order valence-corrected chi connectivity index (χ2v) is 12.9. The van der Waals surface area contributed by atoms with Crippen LogP contribution in [0.25, 0.3) is 0 Å². The molecule has 0 radical (unpaired) electrons. The average molecular weight is 629 g/mol. The second-order valence-electron chi connectivity index (χ2n) is 12.9. The number of piperazine rings is 1. The summed E-state index contributed by atoms with van der Waals surface area (Å²) in [6.45, 7) is 5.77. The van der Waals surface area contributed by atoms with E-state index in [1.165, 1.54) is 24.9 Å². The van der Waals surface area contributed by atoms with Gasteiger partial charge in [-0.25, -0.2) is 0 Å². The van der Waals surface area contributed by atoms with Crippen LogP contribution >= 0.6 is 0 Å². The Labute approximate surface area is 270 Å². The van der Waals surface area contributed by atoms with Crippen LogP contribution in [0.15, 0.2) is 42.5 Å². The fraction of sp³-hybridized carbons (Fsp3) is 0.514. The zero-order chi connectivity index (χ0) is 32.0. The first-order chi connectivity index (χ1) is 22.4. The molecule has 2 aromatic rings. The summed E-state index contributed by atoms with van der Waals surface area (Å²) in [5.74, 6) is -1.94. The fourth-order valence-electron chi connectivity index (χ4n) is 7.02. The highest BCUT2D eigenvalue weighted by Crippen LogP contribution is 2.29. The molecule has 3 fully saturated rings. The van der Waals surface area contributed by atoms with Crippen LogP contribution in [-0.4, -0.2) is 90.7 Å². The van der Waals surface area contributed by atoms with Gasteiger partial charge in [-0.2, -0.15) is 0 Å². The summed E-state index contributed by atoms with van der Waals surface area (Å²) in [4.78, 5) is 68.2. The largest absolute Gasteiger partial charge is 0.385 e. The summed E-state index contributed by atoms with van der Waals surface area (Å²) in [6.07, 6.45) is 9.25. The van der Waals surface area contributed by atoms with Crippen molar-refractivity contribution in [2.24, 2.45) is 0 Å². The second kappa shape index (κ2) is 14.5. The first-order valence-electron chi connectivity index (χ1n) is 16.8. The molecule has 46 heavy (non-hydrogen) atoms. The molecule has 1 atom stereocenters. The third-order valence-electron chi connectivity index (χ3n) is 9.73. The Morgan fingerprint density at radius 1 is 0.804 bits per heavy atom. The van der Waals surface area contributed by atoms with Crippen molar-refractivity contribution in [3.05, 3.63) is 59.2 Å². The number of piperidine rings is 1. The van der Waals surface area contributed by atoms with Crippen molar-refractivity contribution in [2.75, 3.05) is 49.5 Å². The fourth-order valence-corrected chi connectivity index (χ4v) is 7.02. The summed E-state index contributed by atoms with van der Waals surface area (Å²) in [7, 11) is 0. The number of nitrogens with one attached hydrogen (secondary N) is 3. The molecule has 3 heterocycles. The van der Waals surface area contributed by atoms with Crippen molar-refractivity contribution >= 4 is 40.9 Å². The molecule has 1 unspecified atom stereocenters. The number of rotatable bonds is 11. The standard InChI is InChI=1S/C35H44N6O5/c42-31-16-15-30(33(44)38-31)41-34(45)28-14-11-26(23-29(28)35(41)46)36-17-5-2-6-18-39-19-21-40(22-20-39)27-12-9-24(10-13-27)32(43)37-25-7-3-1-4-8-25/h9-14,23,25,30,36H,1-8,15-22H2,(H,37,43)(H,38,42,44). The van der Waals surface area contributed by atoms with Gasteiger partial charge in [-0.15, -0.1) is 0 Å². The van der Waals surface area contributed by atoms with Gasteiger partial charge in [0.1, 0.15) is 6.04 Å². The maximum absolute atomic E-state index is 13.0. The molecule has 2 aromatic carbocycles. The van der Waals surface area contributed by atoms with E-state index in [1.54, 1.807) is 18.2 Å². The van der Waals surface area contributed by atoms with Gasteiger partial charge in [0.2, 0.25) is 11.8 Å². The molecule has 0 bridgehead atoms. The van der Waals surface area contributed by atoms with E-state index < -0.39 is 23.8 Å². The van der Waals surface area contributed by atoms with Gasteiger partial charge in [0, 0.05) is 62.1 Å². The van der Waals surface area contributed by atoms with Gasteiger partial charge >= 0.3 is 0 Å². The highest BCUT2D eigenvalue weighted by Gasteiger charge is 2.44. The highest BCUT2D eigenvalue weighted by molar-refractivity contribution is 6.23. The van der Waals surface area contributed by atoms with Crippen LogP contribution in [0.2, 0.25) is 0 Å². The number of unbranched alkanes of at least 4 members (excludes halogenated alkanes) is 2. The van der Waals surface area contributed by atoms with Crippen LogP contribution in [-0.2, 0) is 9.59 Å². The number of carbonyl (C=O) groups is 5. The Hall–Kier alpha value is -4.25. The molecule has 1 saturated carbocycles. The number of hydrogen-bond donors (Lipinski definition) is 3. The molecule has 11 heteroatoms. The van der Waals surface area contributed by atoms with Crippen LogP contribution in [0, 0.1) is 0 Å². The monoisotopic (exact) mass is 628 g/mol. The van der Waals surface area contributed by atoms with Gasteiger partial charge in [-0.05, 0) is 81.1 Å². The first-order valence-corrected chi connectivity index (χ1v) is 16.8. The first kappa shape index (κ1) is 31.7. The zero-order valence-corrected chi connectivity index (χ0v) is 26.4. The number of hydrogen-bond acceptors (Lipinski definition) is 8. The molecule has 6 rings (SSSR count). The van der Waals surface area contributed by atoms with Crippen molar-refractivity contribution in [3.63, 3.8) is 0 Å². The third kappa shape index (κ3) is 7.25. The number of amides is 5. The summed E-state index contributed by atoms with van der Waals surface area (Å²) in [6, 6.07) is 12.5. The van der Waals surface area contributed by atoms with Gasteiger partial charge < -0.3 is 15.5 Å². The minimum atomic E-state index is -0.957. The van der Waals surface area contributed by atoms with Gasteiger partial charge in [0.15, 0.2) is 0 Å². The van der Waals surface area contributed by atoms with E-state index in [9.17, 15) is 24.0 Å². The predicted molar refractivity (Wildman–Crippen MR) is 175 cm³/mol. The Balaban J connectivity index is 0.876. The topological polar surface area (TPSA) is 131 Å². The molecule has 2 saturated heterocycles. The third-order valence-corrected chi connectivity index (χ3v) is 9.73. The van der Waals surface area contributed by atoms with Crippen LogP contribution < -0.4 is 20.9 Å². The number of nitrogens with zero attached hydrogens (tertiary/aromatic N) is 3. The minimum absolute atomic E-state index is 0.0377. The molecule has 3 N–H and O–H groups in total. The van der Waals surface area contributed by atoms with Gasteiger partial charge in [0.25, 0.3) is 17.7 Å². The molecule has 3 aliphatic heterocycles. The van der Waals surface area contributed by atoms with Crippen LogP contribution in [0.5, 0.6) is 0 Å². The van der Waals surface area contributed by atoms with E-state index in [4.69, 9.17) is 0 Å². The molecule has 0 aromatic heterocycles. The van der Waals surface area contributed by atoms with E-state index in [-0.39, 0.29) is 35.8 Å². The molecule has 244 valence electrons. The Bertz CT molecular complexity index is 1460. The predicted octanol–water partition coefficient (Wildman–Crippen LogP) is 3.55. The molecule has 4 aliphatic rings. The van der Waals surface area contributed by atoms with Gasteiger partial charge in [-0.1, -0.05) is 25.7 Å². The Morgan fingerprint density at radius 2 is 1.54 bits per heavy atom. The van der Waals surface area contributed by atoms with Crippen LogP contribution in [0.1, 0.15) is 95.3 Å². The zero-order valence-electron chi connectivity index (χ0n) is 26.4. The molecule has 5 amide bonds. The summed E-state index contributed by atoms with van der Waals surface area (Å²) in [5.41, 5.74) is 3.24. The van der Waals surface area contributed by atoms with Crippen molar-refractivity contribution < 1.29 is 24.0 Å². The molecule has 1 aliphatic carbocycles. The maximum atomic E-state index is 13.0. The number of anilines is 2. The van der Waals surface area contributed by atoms with E-state index >= 15 is 0 Å². The lowest BCUT2D eigenvalue weighted by Gasteiger charge is -2.36. The van der Waals surface area contributed by atoms with E-state index in [0.29, 0.717) is 6.04 Å². The lowest BCUT2D eigenvalue weighted by atomic mass is 9.95. The van der Waals surface area contributed by atoms with Gasteiger partial charge in [-0.3, -0.25) is 39.1 Å². The molecular formula is C35H44N6O5. The summed E-state index contributed by atoms with van der Waals surface area (Å²) in [5, 5.41) is 8.78. The SMILES string of the molecule is O=C1CCC(N2C(=O)c3ccc(NCCCCCN4CCN(c5ccc(C(=O)NC6CCCCC6)cc5)CC4)cc3C2=O)C(=O)N1. The van der Waals surface area contributed by atoms with E-state index in [1.807, 2.05) is 12.1 Å². The smallest absolute Gasteiger partial charge is 0.262 e. The summed E-state index contributed by atoms with van der Waals surface area (Å²) >= 11 is 0. The van der Waals surface area contributed by atoms with Crippen molar-refractivity contribution in [3.8, 4) is 0 Å². The number of fused-ring (bicyclic) bond motifs is 1. The quantitative estimate of drug-likeness (QED) is 0.255. The maximum Gasteiger partial charge on any atom is 0.262 e. The normalized spacial score (nSPS) is 20.9. The van der Waals surface area contributed by atoms with Crippen molar-refractivity contribution in [2.45, 2.75) is 76.3 Å². The highest BCUT2D eigenvalue weighted by atomic mass is 16.2. The van der Waals surface area contributed by atoms with E-state index in [2.05, 4.69) is 37.9 Å². The molecular weight excluding hydrogens is 584 g/mol. The van der Waals surface area contributed by atoms with Gasteiger partial charge in [0.05, 0.1) is 11.1 Å². The molecule has 11 nitrogen and oxygen atoms in total. The van der Waals surface area contributed by atoms with E-state index in [0.717, 1.165) is 87.5 Å². The minimum Gasteiger partial charge on any atom is -0.385 e. The number of benzene rings is 2. The Kier molecular flexibility index (Phi) is 9.97.